The number of hydrogen-bond donors (Lipinski definition) is 1. The third-order valence-corrected chi connectivity index (χ3v) is 6.59. The van der Waals surface area contributed by atoms with Crippen molar-refractivity contribution in [3.8, 4) is 5.75 Å². The standard InChI is InChI=1S/C16H16Cl3NO3S2/c1-23-16-5-4-13(9-15(16)19)25(21,22)20-6-7-24-10-11-2-3-12(17)8-14(11)18/h2-5,8-9,20H,6-7,10H2,1H3. The van der Waals surface area contributed by atoms with Crippen LogP contribution in [0.25, 0.3) is 0 Å². The van der Waals surface area contributed by atoms with Crippen LogP contribution in [0.1, 0.15) is 5.56 Å². The van der Waals surface area contributed by atoms with E-state index in [-0.39, 0.29) is 9.92 Å². The third kappa shape index (κ3) is 5.94. The van der Waals surface area contributed by atoms with Gasteiger partial charge in [0.25, 0.3) is 0 Å². The van der Waals surface area contributed by atoms with E-state index in [1.807, 2.05) is 6.07 Å². The fourth-order valence-corrected chi connectivity index (χ4v) is 4.89. The van der Waals surface area contributed by atoms with Gasteiger partial charge in [0.15, 0.2) is 0 Å². The summed E-state index contributed by atoms with van der Waals surface area (Å²) < 4.78 is 32.1. The molecule has 0 atom stereocenters. The molecular weight excluding hydrogens is 425 g/mol. The van der Waals surface area contributed by atoms with Crippen LogP contribution in [0.3, 0.4) is 0 Å². The van der Waals surface area contributed by atoms with Crippen molar-refractivity contribution in [2.75, 3.05) is 19.4 Å². The van der Waals surface area contributed by atoms with E-state index in [4.69, 9.17) is 39.5 Å². The molecule has 0 amide bonds. The van der Waals surface area contributed by atoms with Gasteiger partial charge in [-0.15, -0.1) is 0 Å². The largest absolute Gasteiger partial charge is 0.495 e. The van der Waals surface area contributed by atoms with Crippen LogP contribution < -0.4 is 9.46 Å². The number of ether oxygens (including phenoxy) is 1. The molecule has 0 aromatic heterocycles. The van der Waals surface area contributed by atoms with Crippen molar-refractivity contribution in [3.05, 3.63) is 57.0 Å². The Hall–Kier alpha value is -0.630. The smallest absolute Gasteiger partial charge is 0.240 e. The summed E-state index contributed by atoms with van der Waals surface area (Å²) in [6, 6.07) is 9.67. The number of hydrogen-bond acceptors (Lipinski definition) is 4. The molecule has 0 spiro atoms. The highest BCUT2D eigenvalue weighted by Gasteiger charge is 2.15. The number of sulfonamides is 1. The number of nitrogens with one attached hydrogen (secondary N) is 1. The number of rotatable bonds is 8. The molecule has 0 aliphatic rings. The van der Waals surface area contributed by atoms with Gasteiger partial charge in [-0.25, -0.2) is 13.1 Å². The molecule has 0 saturated carbocycles. The number of thioether (sulfide) groups is 1. The lowest BCUT2D eigenvalue weighted by molar-refractivity contribution is 0.414. The van der Waals surface area contributed by atoms with Gasteiger partial charge in [0, 0.05) is 28.1 Å². The second kappa shape index (κ2) is 9.35. The summed E-state index contributed by atoms with van der Waals surface area (Å²) in [6.45, 7) is 0.294. The van der Waals surface area contributed by atoms with Gasteiger partial charge in [-0.05, 0) is 35.9 Å². The highest BCUT2D eigenvalue weighted by Crippen LogP contribution is 2.27. The normalized spacial score (nSPS) is 11.5. The van der Waals surface area contributed by atoms with Crippen LogP contribution in [0.2, 0.25) is 15.1 Å². The first kappa shape index (κ1) is 20.7. The van der Waals surface area contributed by atoms with Gasteiger partial charge in [-0.3, -0.25) is 0 Å². The summed E-state index contributed by atoms with van der Waals surface area (Å²) in [5.74, 6) is 1.70. The quantitative estimate of drug-likeness (QED) is 0.595. The first-order valence-corrected chi connectivity index (χ1v) is 11.0. The van der Waals surface area contributed by atoms with E-state index in [1.54, 1.807) is 23.9 Å². The van der Waals surface area contributed by atoms with Crippen LogP contribution in [0, 0.1) is 0 Å². The SMILES string of the molecule is COc1ccc(S(=O)(=O)NCCSCc2ccc(Cl)cc2Cl)cc1Cl. The Morgan fingerprint density at radius 3 is 2.48 bits per heavy atom. The van der Waals surface area contributed by atoms with Crippen molar-refractivity contribution in [2.24, 2.45) is 0 Å². The second-order valence-corrected chi connectivity index (χ2v) is 9.11. The lowest BCUT2D eigenvalue weighted by atomic mass is 10.2. The van der Waals surface area contributed by atoms with E-state index >= 15 is 0 Å². The Morgan fingerprint density at radius 2 is 1.84 bits per heavy atom. The molecule has 0 unspecified atom stereocenters. The summed E-state index contributed by atoms with van der Waals surface area (Å²) in [7, 11) is -2.14. The molecule has 0 fully saturated rings. The van der Waals surface area contributed by atoms with E-state index in [9.17, 15) is 8.42 Å². The molecule has 0 aliphatic carbocycles. The molecule has 2 aromatic rings. The van der Waals surface area contributed by atoms with Crippen molar-refractivity contribution >= 4 is 56.6 Å². The van der Waals surface area contributed by atoms with Crippen LogP contribution >= 0.6 is 46.6 Å². The van der Waals surface area contributed by atoms with Gasteiger partial charge in [-0.1, -0.05) is 40.9 Å². The number of methoxy groups -OCH3 is 1. The topological polar surface area (TPSA) is 55.4 Å². The van der Waals surface area contributed by atoms with E-state index in [0.29, 0.717) is 33.8 Å². The average Bonchev–Trinajstić information content (AvgIpc) is 2.56. The molecule has 0 aliphatic heterocycles. The minimum absolute atomic E-state index is 0.101. The summed E-state index contributed by atoms with van der Waals surface area (Å²) in [4.78, 5) is 0.101. The van der Waals surface area contributed by atoms with Gasteiger partial charge < -0.3 is 4.74 Å². The van der Waals surface area contributed by atoms with E-state index in [0.717, 1.165) is 5.56 Å². The van der Waals surface area contributed by atoms with Crippen LogP contribution in [-0.4, -0.2) is 27.8 Å². The molecular formula is C16H16Cl3NO3S2. The van der Waals surface area contributed by atoms with Crippen molar-refractivity contribution < 1.29 is 13.2 Å². The molecule has 0 bridgehead atoms. The average molecular weight is 441 g/mol. The fourth-order valence-electron chi connectivity index (χ4n) is 1.97. The van der Waals surface area contributed by atoms with Crippen molar-refractivity contribution in [3.63, 3.8) is 0 Å². The first-order chi connectivity index (χ1) is 11.8. The lowest BCUT2D eigenvalue weighted by Crippen LogP contribution is -2.26. The summed E-state index contributed by atoms with van der Waals surface area (Å²) in [5, 5.41) is 1.44. The maximum absolute atomic E-state index is 12.3. The molecule has 1 N–H and O–H groups in total. The zero-order valence-electron chi connectivity index (χ0n) is 13.3. The van der Waals surface area contributed by atoms with Gasteiger partial charge in [0.05, 0.1) is 17.0 Å². The van der Waals surface area contributed by atoms with Crippen molar-refractivity contribution in [1.29, 1.82) is 0 Å². The highest BCUT2D eigenvalue weighted by molar-refractivity contribution is 7.98. The van der Waals surface area contributed by atoms with Gasteiger partial charge in [0.1, 0.15) is 5.75 Å². The van der Waals surface area contributed by atoms with Gasteiger partial charge in [0.2, 0.25) is 10.0 Å². The van der Waals surface area contributed by atoms with E-state index in [1.165, 1.54) is 25.3 Å². The van der Waals surface area contributed by atoms with Crippen LogP contribution in [0.15, 0.2) is 41.3 Å². The summed E-state index contributed by atoms with van der Waals surface area (Å²) in [5.41, 5.74) is 0.959. The molecule has 136 valence electrons. The van der Waals surface area contributed by atoms with E-state index < -0.39 is 10.0 Å². The zero-order valence-corrected chi connectivity index (χ0v) is 17.2. The van der Waals surface area contributed by atoms with Gasteiger partial charge >= 0.3 is 0 Å². The Morgan fingerprint density at radius 1 is 1.08 bits per heavy atom. The first-order valence-electron chi connectivity index (χ1n) is 7.18. The monoisotopic (exact) mass is 439 g/mol. The molecule has 2 rings (SSSR count). The molecule has 0 saturated heterocycles. The fraction of sp³-hybridized carbons (Fsp3) is 0.250. The summed E-state index contributed by atoms with van der Waals surface area (Å²) >= 11 is 19.5. The third-order valence-electron chi connectivity index (χ3n) is 3.24. The van der Waals surface area contributed by atoms with Crippen molar-refractivity contribution in [1.82, 2.24) is 4.72 Å². The predicted molar refractivity (Wildman–Crippen MR) is 106 cm³/mol. The van der Waals surface area contributed by atoms with E-state index in [2.05, 4.69) is 4.72 Å². The Labute approximate surface area is 166 Å². The maximum atomic E-state index is 12.3. The minimum atomic E-state index is -3.61. The predicted octanol–water partition coefficient (Wildman–Crippen LogP) is 4.87. The molecule has 9 heteroatoms. The molecule has 4 nitrogen and oxygen atoms in total. The van der Waals surface area contributed by atoms with Crippen LogP contribution in [0.4, 0.5) is 0 Å². The number of halogens is 3. The molecule has 2 aromatic carbocycles. The Bertz CT molecular complexity index is 845. The Balaban J connectivity index is 1.85. The number of benzene rings is 2. The van der Waals surface area contributed by atoms with Crippen LogP contribution in [-0.2, 0) is 15.8 Å². The van der Waals surface area contributed by atoms with Crippen molar-refractivity contribution in [2.45, 2.75) is 10.6 Å². The molecule has 0 heterocycles. The second-order valence-electron chi connectivity index (χ2n) is 4.98. The van der Waals surface area contributed by atoms with Crippen LogP contribution in [0.5, 0.6) is 5.75 Å². The summed E-state index contributed by atoms with van der Waals surface area (Å²) in [6.07, 6.45) is 0. The van der Waals surface area contributed by atoms with Gasteiger partial charge in [-0.2, -0.15) is 11.8 Å². The lowest BCUT2D eigenvalue weighted by Gasteiger charge is -2.09. The highest BCUT2D eigenvalue weighted by atomic mass is 35.5. The molecule has 0 radical (unpaired) electrons. The maximum Gasteiger partial charge on any atom is 0.240 e. The zero-order chi connectivity index (χ0) is 18.4. The Kier molecular flexibility index (Phi) is 7.73. The molecule has 25 heavy (non-hydrogen) atoms. The minimum Gasteiger partial charge on any atom is -0.495 e.